The van der Waals surface area contributed by atoms with E-state index >= 15 is 0 Å². The zero-order valence-electron chi connectivity index (χ0n) is 17.0. The topological polar surface area (TPSA) is 0 Å². The predicted octanol–water partition coefficient (Wildman–Crippen LogP) is 7.66. The molecule has 0 aromatic heterocycles. The molecule has 1 aromatic rings. The largest absolute Gasteiger partial charge is 0.0602 e. The van der Waals surface area contributed by atoms with Crippen molar-refractivity contribution < 1.29 is 0 Å². The lowest BCUT2D eigenvalue weighted by atomic mass is 9.88. The Morgan fingerprint density at radius 2 is 1.54 bits per heavy atom. The Kier molecular flexibility index (Phi) is 6.96. The number of hydrogen-bond acceptors (Lipinski definition) is 0. The summed E-state index contributed by atoms with van der Waals surface area (Å²) in [6.45, 7) is 11.8. The summed E-state index contributed by atoms with van der Waals surface area (Å²) in [6, 6.07) is 7.15. The summed E-state index contributed by atoms with van der Waals surface area (Å²) in [5.41, 5.74) is 5.88. The Labute approximate surface area is 151 Å². The average Bonchev–Trinajstić information content (AvgIpc) is 3.22. The molecular formula is C24H40. The van der Waals surface area contributed by atoms with Crippen LogP contribution >= 0.6 is 0 Å². The number of aryl methyl sites for hydroxylation is 3. The van der Waals surface area contributed by atoms with Gasteiger partial charge in [-0.3, -0.25) is 0 Å². The minimum Gasteiger partial charge on any atom is -0.0602 e. The van der Waals surface area contributed by atoms with Crippen molar-refractivity contribution in [2.24, 2.45) is 10.8 Å². The van der Waals surface area contributed by atoms with Gasteiger partial charge in [-0.05, 0) is 80.2 Å². The molecule has 1 aliphatic carbocycles. The summed E-state index contributed by atoms with van der Waals surface area (Å²) in [5.74, 6) is 0. The Hall–Kier alpha value is -0.780. The van der Waals surface area contributed by atoms with Crippen molar-refractivity contribution in [1.29, 1.82) is 0 Å². The van der Waals surface area contributed by atoms with E-state index in [1.165, 1.54) is 76.2 Å². The third kappa shape index (κ3) is 7.41. The van der Waals surface area contributed by atoms with Crippen molar-refractivity contribution in [3.05, 3.63) is 34.9 Å². The van der Waals surface area contributed by atoms with Crippen LogP contribution in [0.4, 0.5) is 0 Å². The number of unbranched alkanes of at least 4 members (excludes halogenated alkanes) is 3. The number of rotatable bonds is 10. The van der Waals surface area contributed by atoms with Crippen LogP contribution in [-0.2, 0) is 12.8 Å². The molecule has 0 aliphatic heterocycles. The van der Waals surface area contributed by atoms with Gasteiger partial charge in [-0.25, -0.2) is 0 Å². The van der Waals surface area contributed by atoms with Crippen LogP contribution in [-0.4, -0.2) is 0 Å². The number of hydrogen-bond donors (Lipinski definition) is 0. The van der Waals surface area contributed by atoms with Crippen LogP contribution in [0.15, 0.2) is 18.2 Å². The first-order chi connectivity index (χ1) is 11.3. The first-order valence-electron chi connectivity index (χ1n) is 10.4. The van der Waals surface area contributed by atoms with E-state index in [1.807, 2.05) is 0 Å². The molecule has 0 unspecified atom stereocenters. The van der Waals surface area contributed by atoms with Gasteiger partial charge in [0.1, 0.15) is 0 Å². The quantitative estimate of drug-likeness (QED) is 0.387. The van der Waals surface area contributed by atoms with E-state index in [4.69, 9.17) is 0 Å². The monoisotopic (exact) mass is 328 g/mol. The summed E-state index contributed by atoms with van der Waals surface area (Å²) in [6.07, 6.45) is 15.2. The summed E-state index contributed by atoms with van der Waals surface area (Å²) in [7, 11) is 0. The van der Waals surface area contributed by atoms with Crippen LogP contribution in [0, 0.1) is 17.8 Å². The average molecular weight is 329 g/mol. The first-order valence-corrected chi connectivity index (χ1v) is 10.4. The van der Waals surface area contributed by atoms with Crippen LogP contribution in [0.25, 0.3) is 0 Å². The Balaban J connectivity index is 1.74. The van der Waals surface area contributed by atoms with Gasteiger partial charge in [-0.2, -0.15) is 0 Å². The van der Waals surface area contributed by atoms with Crippen molar-refractivity contribution in [3.8, 4) is 0 Å². The third-order valence-electron chi connectivity index (χ3n) is 5.81. The smallest absolute Gasteiger partial charge is 0.0276 e. The molecule has 0 saturated heterocycles. The van der Waals surface area contributed by atoms with Crippen molar-refractivity contribution in [3.63, 3.8) is 0 Å². The van der Waals surface area contributed by atoms with Crippen molar-refractivity contribution in [1.82, 2.24) is 0 Å². The highest BCUT2D eigenvalue weighted by atomic mass is 14.4. The molecule has 0 radical (unpaired) electrons. The van der Waals surface area contributed by atoms with Crippen LogP contribution in [0.1, 0.15) is 102 Å². The molecule has 136 valence electrons. The van der Waals surface area contributed by atoms with E-state index in [0.717, 1.165) is 5.41 Å². The van der Waals surface area contributed by atoms with Crippen LogP contribution in [0.5, 0.6) is 0 Å². The van der Waals surface area contributed by atoms with Gasteiger partial charge >= 0.3 is 0 Å². The molecule has 0 spiro atoms. The Morgan fingerprint density at radius 3 is 2.21 bits per heavy atom. The lowest BCUT2D eigenvalue weighted by Gasteiger charge is -2.18. The molecule has 1 aromatic carbocycles. The highest BCUT2D eigenvalue weighted by Crippen LogP contribution is 2.49. The van der Waals surface area contributed by atoms with E-state index in [9.17, 15) is 0 Å². The van der Waals surface area contributed by atoms with E-state index in [-0.39, 0.29) is 0 Å². The third-order valence-corrected chi connectivity index (χ3v) is 5.81. The molecule has 24 heavy (non-hydrogen) atoms. The van der Waals surface area contributed by atoms with Crippen molar-refractivity contribution >= 4 is 0 Å². The maximum atomic E-state index is 2.46. The molecule has 2 rings (SSSR count). The van der Waals surface area contributed by atoms with Gasteiger partial charge in [-0.1, -0.05) is 70.7 Å². The molecular weight excluding hydrogens is 288 g/mol. The number of benzene rings is 1. The lowest BCUT2D eigenvalue weighted by Crippen LogP contribution is -2.04. The van der Waals surface area contributed by atoms with Crippen LogP contribution in [0.3, 0.4) is 0 Å². The minimum absolute atomic E-state index is 0.480. The van der Waals surface area contributed by atoms with Gasteiger partial charge in [0.15, 0.2) is 0 Å². The molecule has 0 bridgehead atoms. The highest BCUT2D eigenvalue weighted by Gasteiger charge is 2.35. The summed E-state index contributed by atoms with van der Waals surface area (Å²) >= 11 is 0. The SMILES string of the molecule is Cc1ccc(CCCCCC2(C)CC2)c(CCCCC(C)(C)C)c1. The van der Waals surface area contributed by atoms with E-state index in [0.29, 0.717) is 5.41 Å². The second-order valence-corrected chi connectivity index (χ2v) is 9.91. The van der Waals surface area contributed by atoms with Gasteiger partial charge in [0, 0.05) is 0 Å². The maximum Gasteiger partial charge on any atom is -0.0276 e. The van der Waals surface area contributed by atoms with Gasteiger partial charge in [-0.15, -0.1) is 0 Å². The Bertz CT molecular complexity index is 499. The lowest BCUT2D eigenvalue weighted by molar-refractivity contribution is 0.360. The molecule has 0 atom stereocenters. The summed E-state index contributed by atoms with van der Waals surface area (Å²) in [4.78, 5) is 0. The molecule has 0 amide bonds. The normalized spacial score (nSPS) is 16.4. The summed E-state index contributed by atoms with van der Waals surface area (Å²) < 4.78 is 0. The van der Waals surface area contributed by atoms with E-state index in [1.54, 1.807) is 11.1 Å². The van der Waals surface area contributed by atoms with E-state index in [2.05, 4.69) is 52.8 Å². The predicted molar refractivity (Wildman–Crippen MR) is 108 cm³/mol. The zero-order chi connectivity index (χ0) is 17.6. The maximum absolute atomic E-state index is 2.46. The van der Waals surface area contributed by atoms with Gasteiger partial charge in [0.05, 0.1) is 0 Å². The van der Waals surface area contributed by atoms with Gasteiger partial charge in [0.2, 0.25) is 0 Å². The zero-order valence-corrected chi connectivity index (χ0v) is 17.0. The van der Waals surface area contributed by atoms with Crippen LogP contribution < -0.4 is 0 Å². The molecule has 1 aliphatic rings. The van der Waals surface area contributed by atoms with E-state index < -0.39 is 0 Å². The molecule has 1 saturated carbocycles. The van der Waals surface area contributed by atoms with Gasteiger partial charge < -0.3 is 0 Å². The molecule has 0 N–H and O–H groups in total. The second-order valence-electron chi connectivity index (χ2n) is 9.91. The molecule has 0 heterocycles. The Morgan fingerprint density at radius 1 is 0.875 bits per heavy atom. The first kappa shape index (κ1) is 19.5. The minimum atomic E-state index is 0.480. The molecule has 1 fully saturated rings. The van der Waals surface area contributed by atoms with Crippen LogP contribution in [0.2, 0.25) is 0 Å². The second kappa shape index (κ2) is 8.54. The van der Waals surface area contributed by atoms with Crippen molar-refractivity contribution in [2.45, 2.75) is 105 Å². The fourth-order valence-electron chi connectivity index (χ4n) is 3.71. The molecule has 0 nitrogen and oxygen atoms in total. The highest BCUT2D eigenvalue weighted by molar-refractivity contribution is 5.31. The van der Waals surface area contributed by atoms with Gasteiger partial charge in [0.25, 0.3) is 0 Å². The van der Waals surface area contributed by atoms with Crippen molar-refractivity contribution in [2.75, 3.05) is 0 Å². The molecule has 0 heteroatoms. The fraction of sp³-hybridized carbons (Fsp3) is 0.750. The summed E-state index contributed by atoms with van der Waals surface area (Å²) in [5, 5.41) is 0. The standard InChI is InChI=1S/C24H40/c1-20-13-14-21(11-7-6-9-16-24(5)17-18-24)22(19-20)12-8-10-15-23(2,3)4/h13-14,19H,6-12,15-18H2,1-5H3. The fourth-order valence-corrected chi connectivity index (χ4v) is 3.71.